The molecule has 2 amide bonds. The number of halogens is 1. The Kier molecular flexibility index (Phi) is 8.00. The molecule has 0 spiro atoms. The van der Waals surface area contributed by atoms with Crippen molar-refractivity contribution in [3.8, 4) is 11.5 Å². The first-order valence-corrected chi connectivity index (χ1v) is 9.42. The predicted octanol–water partition coefficient (Wildman–Crippen LogP) is 3.16. The molecular formula is C22H27FN2O4. The topological polar surface area (TPSA) is 67.9 Å². The Morgan fingerprint density at radius 3 is 2.31 bits per heavy atom. The smallest absolute Gasteiger partial charge is 0.261 e. The van der Waals surface area contributed by atoms with Crippen LogP contribution in [0.25, 0.3) is 0 Å². The number of nitrogens with one attached hydrogen (secondary N) is 1. The van der Waals surface area contributed by atoms with Gasteiger partial charge in [-0.05, 0) is 50.6 Å². The molecule has 7 heteroatoms. The van der Waals surface area contributed by atoms with E-state index < -0.39 is 17.8 Å². The average Bonchev–Trinajstić information content (AvgIpc) is 2.70. The van der Waals surface area contributed by atoms with Gasteiger partial charge >= 0.3 is 0 Å². The zero-order chi connectivity index (χ0) is 21.4. The summed E-state index contributed by atoms with van der Waals surface area (Å²) in [5.74, 6) is -0.555. The summed E-state index contributed by atoms with van der Waals surface area (Å²) in [4.78, 5) is 26.8. The first-order chi connectivity index (χ1) is 13.8. The number of benzene rings is 2. The molecule has 1 atom stereocenters. The SMILES string of the molecule is COc1ccc(CN(C(=O)COc2ccccc2F)[C@@H](C)C(=O)NC(C)C)cc1. The molecule has 0 bridgehead atoms. The first-order valence-electron chi connectivity index (χ1n) is 9.42. The molecule has 29 heavy (non-hydrogen) atoms. The Morgan fingerprint density at radius 2 is 1.72 bits per heavy atom. The molecule has 0 unspecified atom stereocenters. The van der Waals surface area contributed by atoms with Gasteiger partial charge in [-0.15, -0.1) is 0 Å². The van der Waals surface area contributed by atoms with Gasteiger partial charge in [-0.1, -0.05) is 24.3 Å². The minimum atomic E-state index is -0.726. The van der Waals surface area contributed by atoms with E-state index in [-0.39, 0.29) is 30.9 Å². The van der Waals surface area contributed by atoms with E-state index in [1.54, 1.807) is 38.3 Å². The fourth-order valence-corrected chi connectivity index (χ4v) is 2.70. The van der Waals surface area contributed by atoms with E-state index in [4.69, 9.17) is 9.47 Å². The molecule has 0 aromatic heterocycles. The van der Waals surface area contributed by atoms with Crippen molar-refractivity contribution in [3.05, 3.63) is 59.9 Å². The monoisotopic (exact) mass is 402 g/mol. The van der Waals surface area contributed by atoms with Crippen molar-refractivity contribution < 1.29 is 23.5 Å². The van der Waals surface area contributed by atoms with Crippen LogP contribution in [0.15, 0.2) is 48.5 Å². The normalized spacial score (nSPS) is 11.7. The molecule has 0 heterocycles. The number of rotatable bonds is 9. The molecule has 0 fully saturated rings. The fourth-order valence-electron chi connectivity index (χ4n) is 2.70. The number of amides is 2. The minimum Gasteiger partial charge on any atom is -0.497 e. The Hall–Kier alpha value is -3.09. The Bertz CT molecular complexity index is 824. The number of hydrogen-bond donors (Lipinski definition) is 1. The Balaban J connectivity index is 2.16. The molecule has 0 saturated heterocycles. The summed E-state index contributed by atoms with van der Waals surface area (Å²) in [7, 11) is 1.57. The molecule has 2 aromatic carbocycles. The van der Waals surface area contributed by atoms with Crippen molar-refractivity contribution >= 4 is 11.8 Å². The number of methoxy groups -OCH3 is 1. The zero-order valence-corrected chi connectivity index (χ0v) is 17.1. The lowest BCUT2D eigenvalue weighted by Gasteiger charge is -2.29. The van der Waals surface area contributed by atoms with Crippen LogP contribution in [0, 0.1) is 5.82 Å². The lowest BCUT2D eigenvalue weighted by Crippen LogP contribution is -2.50. The highest BCUT2D eigenvalue weighted by atomic mass is 19.1. The summed E-state index contributed by atoms with van der Waals surface area (Å²) in [5.41, 5.74) is 0.828. The van der Waals surface area contributed by atoms with Crippen molar-refractivity contribution in [1.29, 1.82) is 0 Å². The number of carbonyl (C=O) groups is 2. The summed E-state index contributed by atoms with van der Waals surface area (Å²) in [6.07, 6.45) is 0. The van der Waals surface area contributed by atoms with Crippen LogP contribution in [-0.4, -0.2) is 42.5 Å². The number of hydrogen-bond acceptors (Lipinski definition) is 4. The highest BCUT2D eigenvalue weighted by Crippen LogP contribution is 2.17. The molecule has 2 rings (SSSR count). The van der Waals surface area contributed by atoms with Crippen molar-refractivity contribution in [3.63, 3.8) is 0 Å². The number of ether oxygens (including phenoxy) is 2. The fraction of sp³-hybridized carbons (Fsp3) is 0.364. The van der Waals surface area contributed by atoms with Crippen LogP contribution in [-0.2, 0) is 16.1 Å². The van der Waals surface area contributed by atoms with E-state index in [2.05, 4.69) is 5.32 Å². The van der Waals surface area contributed by atoms with Gasteiger partial charge in [0, 0.05) is 12.6 Å². The third-order valence-electron chi connectivity index (χ3n) is 4.30. The van der Waals surface area contributed by atoms with Gasteiger partial charge < -0.3 is 19.7 Å². The van der Waals surface area contributed by atoms with Crippen molar-refractivity contribution in [2.45, 2.75) is 39.4 Å². The second kappa shape index (κ2) is 10.5. The van der Waals surface area contributed by atoms with Gasteiger partial charge in [0.25, 0.3) is 5.91 Å². The summed E-state index contributed by atoms with van der Waals surface area (Å²) in [6.45, 7) is 5.18. The molecule has 0 aliphatic heterocycles. The van der Waals surface area contributed by atoms with Gasteiger partial charge in [-0.3, -0.25) is 9.59 Å². The van der Waals surface area contributed by atoms with Crippen molar-refractivity contribution in [1.82, 2.24) is 10.2 Å². The Labute approximate surface area is 170 Å². The summed E-state index contributed by atoms with van der Waals surface area (Å²) in [6, 6.07) is 12.3. The van der Waals surface area contributed by atoms with Crippen LogP contribution in [0.5, 0.6) is 11.5 Å². The van der Waals surface area contributed by atoms with Crippen LogP contribution in [0.1, 0.15) is 26.3 Å². The predicted molar refractivity (Wildman–Crippen MR) is 108 cm³/mol. The summed E-state index contributed by atoms with van der Waals surface area (Å²) >= 11 is 0. The number of para-hydroxylation sites is 1. The first kappa shape index (κ1) is 22.2. The molecule has 0 radical (unpaired) electrons. The van der Waals surface area contributed by atoms with Crippen LogP contribution < -0.4 is 14.8 Å². The van der Waals surface area contributed by atoms with Crippen LogP contribution in [0.4, 0.5) is 4.39 Å². The second-order valence-corrected chi connectivity index (χ2v) is 6.93. The molecule has 156 valence electrons. The van der Waals surface area contributed by atoms with Gasteiger partial charge in [-0.2, -0.15) is 0 Å². The van der Waals surface area contributed by atoms with E-state index in [1.165, 1.54) is 17.0 Å². The number of nitrogens with zero attached hydrogens (tertiary/aromatic N) is 1. The Morgan fingerprint density at radius 1 is 1.07 bits per heavy atom. The maximum atomic E-state index is 13.8. The van der Waals surface area contributed by atoms with Gasteiger partial charge in [0.05, 0.1) is 7.11 Å². The van der Waals surface area contributed by atoms with Crippen LogP contribution in [0.2, 0.25) is 0 Å². The van der Waals surface area contributed by atoms with Gasteiger partial charge in [0.15, 0.2) is 18.2 Å². The molecular weight excluding hydrogens is 375 g/mol. The average molecular weight is 402 g/mol. The molecule has 0 aliphatic carbocycles. The van der Waals surface area contributed by atoms with E-state index in [9.17, 15) is 14.0 Å². The minimum absolute atomic E-state index is 0.00969. The maximum absolute atomic E-state index is 13.8. The third-order valence-corrected chi connectivity index (χ3v) is 4.30. The quantitative estimate of drug-likeness (QED) is 0.700. The highest BCUT2D eigenvalue weighted by molar-refractivity contribution is 5.88. The maximum Gasteiger partial charge on any atom is 0.261 e. The standard InChI is InChI=1S/C22H27FN2O4/c1-15(2)24-22(27)16(3)25(13-17-9-11-18(28-4)12-10-17)21(26)14-29-20-8-6-5-7-19(20)23/h5-12,15-16H,13-14H2,1-4H3,(H,24,27)/t16-/m0/s1. The van der Waals surface area contributed by atoms with E-state index in [0.717, 1.165) is 5.56 Å². The highest BCUT2D eigenvalue weighted by Gasteiger charge is 2.27. The molecule has 0 saturated carbocycles. The van der Waals surface area contributed by atoms with Gasteiger partial charge in [-0.25, -0.2) is 4.39 Å². The van der Waals surface area contributed by atoms with Gasteiger partial charge in [0.1, 0.15) is 11.8 Å². The number of carbonyl (C=O) groups excluding carboxylic acids is 2. The summed E-state index contributed by atoms with van der Waals surface area (Å²) < 4.78 is 24.3. The molecule has 6 nitrogen and oxygen atoms in total. The van der Waals surface area contributed by atoms with Crippen molar-refractivity contribution in [2.24, 2.45) is 0 Å². The van der Waals surface area contributed by atoms with E-state index in [0.29, 0.717) is 5.75 Å². The largest absolute Gasteiger partial charge is 0.497 e. The molecule has 1 N–H and O–H groups in total. The lowest BCUT2D eigenvalue weighted by atomic mass is 10.1. The van der Waals surface area contributed by atoms with Crippen LogP contribution in [0.3, 0.4) is 0 Å². The third kappa shape index (κ3) is 6.48. The lowest BCUT2D eigenvalue weighted by molar-refractivity contribution is -0.142. The summed E-state index contributed by atoms with van der Waals surface area (Å²) in [5, 5.41) is 2.81. The second-order valence-electron chi connectivity index (χ2n) is 6.93. The zero-order valence-electron chi connectivity index (χ0n) is 17.1. The van der Waals surface area contributed by atoms with E-state index in [1.807, 2.05) is 26.0 Å². The molecule has 2 aromatic rings. The molecule has 0 aliphatic rings. The van der Waals surface area contributed by atoms with Crippen molar-refractivity contribution in [2.75, 3.05) is 13.7 Å². The van der Waals surface area contributed by atoms with Gasteiger partial charge in [0.2, 0.25) is 5.91 Å². The van der Waals surface area contributed by atoms with E-state index >= 15 is 0 Å². The van der Waals surface area contributed by atoms with Crippen LogP contribution >= 0.6 is 0 Å².